The highest BCUT2D eigenvalue weighted by atomic mass is 16.5. The number of hydrogen-bond acceptors (Lipinski definition) is 2. The Morgan fingerprint density at radius 2 is 1.86 bits per heavy atom. The Kier molecular flexibility index (Phi) is 2.10. The summed E-state index contributed by atoms with van der Waals surface area (Å²) in [5, 5.41) is 5.15. The van der Waals surface area contributed by atoms with Crippen LogP contribution in [0.5, 0.6) is 11.5 Å². The average molecular weight is 190 g/mol. The maximum absolute atomic E-state index is 11.2. The average Bonchev–Trinajstić information content (AvgIpc) is 2.51. The number of aromatic nitrogens is 2. The summed E-state index contributed by atoms with van der Waals surface area (Å²) in [6.07, 6.45) is 0. The Bertz CT molecular complexity index is 470. The summed E-state index contributed by atoms with van der Waals surface area (Å²) in [4.78, 5) is 11.2. The van der Waals surface area contributed by atoms with Gasteiger partial charge in [-0.15, -0.1) is 0 Å². The van der Waals surface area contributed by atoms with Gasteiger partial charge in [0.25, 0.3) is 0 Å². The zero-order chi connectivity index (χ0) is 9.97. The smallest absolute Gasteiger partial charge is 0.307 e. The monoisotopic (exact) mass is 190 g/mol. The standard InChI is InChI=1S/C10H10N2O2/c1-7-9(10(13)12-11-7)14-8-5-3-2-4-6-8/h2-6H,1H3,(H2,11,12,13). The normalized spacial score (nSPS) is 10.1. The molecule has 2 N–H and O–H groups in total. The highest BCUT2D eigenvalue weighted by Crippen LogP contribution is 2.18. The Balaban J connectivity index is 2.32. The molecule has 1 heterocycles. The molecule has 0 saturated heterocycles. The van der Waals surface area contributed by atoms with Crippen molar-refractivity contribution in [2.45, 2.75) is 6.92 Å². The van der Waals surface area contributed by atoms with Crippen LogP contribution in [0.4, 0.5) is 0 Å². The number of benzene rings is 1. The van der Waals surface area contributed by atoms with E-state index in [0.717, 1.165) is 0 Å². The first-order valence-corrected chi connectivity index (χ1v) is 4.27. The number of aryl methyl sites for hydroxylation is 1. The van der Waals surface area contributed by atoms with Crippen molar-refractivity contribution in [1.82, 2.24) is 10.2 Å². The van der Waals surface area contributed by atoms with E-state index in [-0.39, 0.29) is 5.56 Å². The highest BCUT2D eigenvalue weighted by Gasteiger charge is 2.07. The molecule has 1 aromatic heterocycles. The van der Waals surface area contributed by atoms with Crippen molar-refractivity contribution in [1.29, 1.82) is 0 Å². The third-order valence-corrected chi connectivity index (χ3v) is 1.87. The molecular weight excluding hydrogens is 180 g/mol. The van der Waals surface area contributed by atoms with Crippen LogP contribution in [-0.4, -0.2) is 10.2 Å². The Morgan fingerprint density at radius 3 is 2.43 bits per heavy atom. The number of nitrogens with one attached hydrogen (secondary N) is 2. The molecule has 0 fully saturated rings. The van der Waals surface area contributed by atoms with Gasteiger partial charge in [0.05, 0.1) is 5.69 Å². The van der Waals surface area contributed by atoms with Gasteiger partial charge in [0.1, 0.15) is 5.75 Å². The number of hydrogen-bond donors (Lipinski definition) is 2. The number of rotatable bonds is 2. The van der Waals surface area contributed by atoms with E-state index < -0.39 is 0 Å². The first kappa shape index (κ1) is 8.62. The number of ether oxygens (including phenoxy) is 1. The van der Waals surface area contributed by atoms with Gasteiger partial charge in [-0.05, 0) is 19.1 Å². The molecule has 72 valence electrons. The maximum Gasteiger partial charge on any atom is 0.307 e. The van der Waals surface area contributed by atoms with Gasteiger partial charge in [0.2, 0.25) is 5.75 Å². The second kappa shape index (κ2) is 3.41. The van der Waals surface area contributed by atoms with Crippen LogP contribution in [0.15, 0.2) is 35.1 Å². The van der Waals surface area contributed by atoms with Crippen LogP contribution in [0.25, 0.3) is 0 Å². The molecular formula is C10H10N2O2. The largest absolute Gasteiger partial charge is 0.450 e. The number of para-hydroxylation sites is 1. The molecule has 2 rings (SSSR count). The molecule has 0 aliphatic heterocycles. The summed E-state index contributed by atoms with van der Waals surface area (Å²) >= 11 is 0. The van der Waals surface area contributed by atoms with Gasteiger partial charge >= 0.3 is 5.56 Å². The molecule has 0 saturated carbocycles. The van der Waals surface area contributed by atoms with Gasteiger partial charge < -0.3 is 4.74 Å². The molecule has 0 spiro atoms. The van der Waals surface area contributed by atoms with Crippen molar-refractivity contribution >= 4 is 0 Å². The quantitative estimate of drug-likeness (QED) is 0.758. The van der Waals surface area contributed by atoms with Crippen molar-refractivity contribution < 1.29 is 4.74 Å². The van der Waals surface area contributed by atoms with E-state index >= 15 is 0 Å². The first-order valence-electron chi connectivity index (χ1n) is 4.27. The molecule has 0 amide bonds. The summed E-state index contributed by atoms with van der Waals surface area (Å²) in [6.45, 7) is 1.77. The third kappa shape index (κ3) is 1.54. The molecule has 4 heteroatoms. The second-order valence-electron chi connectivity index (χ2n) is 2.95. The molecule has 4 nitrogen and oxygen atoms in total. The van der Waals surface area contributed by atoms with Crippen molar-refractivity contribution in [3.8, 4) is 11.5 Å². The lowest BCUT2D eigenvalue weighted by Crippen LogP contribution is -2.01. The summed E-state index contributed by atoms with van der Waals surface area (Å²) in [6, 6.07) is 9.19. The lowest BCUT2D eigenvalue weighted by molar-refractivity contribution is 0.475. The molecule has 14 heavy (non-hydrogen) atoms. The van der Waals surface area contributed by atoms with Crippen molar-refractivity contribution in [2.75, 3.05) is 0 Å². The van der Waals surface area contributed by atoms with E-state index in [4.69, 9.17) is 4.74 Å². The van der Waals surface area contributed by atoms with Crippen LogP contribution < -0.4 is 10.3 Å². The maximum atomic E-state index is 11.2. The topological polar surface area (TPSA) is 57.9 Å². The van der Waals surface area contributed by atoms with Crippen LogP contribution in [0.1, 0.15) is 5.69 Å². The molecule has 0 aliphatic carbocycles. The van der Waals surface area contributed by atoms with Crippen molar-refractivity contribution in [2.24, 2.45) is 0 Å². The van der Waals surface area contributed by atoms with Gasteiger partial charge in [-0.25, -0.2) is 0 Å². The van der Waals surface area contributed by atoms with E-state index in [0.29, 0.717) is 17.2 Å². The summed E-state index contributed by atoms with van der Waals surface area (Å²) in [5.41, 5.74) is 0.449. The molecule has 2 aromatic rings. The summed E-state index contributed by atoms with van der Waals surface area (Å²) in [5.74, 6) is 0.969. The minimum atomic E-state index is -0.244. The molecule has 0 radical (unpaired) electrons. The van der Waals surface area contributed by atoms with E-state index in [1.165, 1.54) is 0 Å². The van der Waals surface area contributed by atoms with Gasteiger partial charge in [0.15, 0.2) is 0 Å². The van der Waals surface area contributed by atoms with E-state index in [1.54, 1.807) is 19.1 Å². The molecule has 0 bridgehead atoms. The second-order valence-corrected chi connectivity index (χ2v) is 2.95. The van der Waals surface area contributed by atoms with Gasteiger partial charge in [-0.1, -0.05) is 18.2 Å². The van der Waals surface area contributed by atoms with Crippen molar-refractivity contribution in [3.05, 3.63) is 46.4 Å². The minimum absolute atomic E-state index is 0.244. The lowest BCUT2D eigenvalue weighted by Gasteiger charge is -2.01. The first-order chi connectivity index (χ1) is 6.77. The zero-order valence-electron chi connectivity index (χ0n) is 7.70. The summed E-state index contributed by atoms with van der Waals surface area (Å²) in [7, 11) is 0. The van der Waals surface area contributed by atoms with E-state index in [9.17, 15) is 4.79 Å². The molecule has 0 atom stereocenters. The Labute approximate surface area is 80.5 Å². The van der Waals surface area contributed by atoms with E-state index in [1.807, 2.05) is 18.2 Å². The predicted molar refractivity (Wildman–Crippen MR) is 52.7 cm³/mol. The van der Waals surface area contributed by atoms with Gasteiger partial charge in [-0.2, -0.15) is 0 Å². The third-order valence-electron chi connectivity index (χ3n) is 1.87. The van der Waals surface area contributed by atoms with Crippen LogP contribution in [0.2, 0.25) is 0 Å². The fourth-order valence-corrected chi connectivity index (χ4v) is 1.16. The highest BCUT2D eigenvalue weighted by molar-refractivity contribution is 5.31. The van der Waals surface area contributed by atoms with Gasteiger partial charge in [-0.3, -0.25) is 15.0 Å². The molecule has 0 aliphatic rings. The van der Waals surface area contributed by atoms with Crippen LogP contribution in [0.3, 0.4) is 0 Å². The lowest BCUT2D eigenvalue weighted by atomic mass is 10.3. The van der Waals surface area contributed by atoms with Crippen LogP contribution >= 0.6 is 0 Å². The van der Waals surface area contributed by atoms with Crippen molar-refractivity contribution in [3.63, 3.8) is 0 Å². The Hall–Kier alpha value is -1.97. The number of H-pyrrole nitrogens is 2. The SMILES string of the molecule is Cc1[nH][nH]c(=O)c1Oc1ccccc1. The molecule has 0 unspecified atom stereocenters. The van der Waals surface area contributed by atoms with Gasteiger partial charge in [0, 0.05) is 0 Å². The number of aromatic amines is 2. The van der Waals surface area contributed by atoms with E-state index in [2.05, 4.69) is 10.2 Å². The molecule has 1 aromatic carbocycles. The van der Waals surface area contributed by atoms with Crippen LogP contribution in [-0.2, 0) is 0 Å². The van der Waals surface area contributed by atoms with Crippen LogP contribution in [0, 0.1) is 6.92 Å². The fraction of sp³-hybridized carbons (Fsp3) is 0.100. The predicted octanol–water partition coefficient (Wildman–Crippen LogP) is 1.80. The minimum Gasteiger partial charge on any atom is -0.450 e. The summed E-state index contributed by atoms with van der Waals surface area (Å²) < 4.78 is 5.40. The Morgan fingerprint density at radius 1 is 1.14 bits per heavy atom. The zero-order valence-corrected chi connectivity index (χ0v) is 7.70. The fourth-order valence-electron chi connectivity index (χ4n) is 1.16.